The van der Waals surface area contributed by atoms with E-state index in [1.54, 1.807) is 23.2 Å². The van der Waals surface area contributed by atoms with E-state index < -0.39 is 5.38 Å². The molecule has 1 aromatic heterocycles. The summed E-state index contributed by atoms with van der Waals surface area (Å²) in [5, 5.41) is 1.40. The predicted molar refractivity (Wildman–Crippen MR) is 119 cm³/mol. The molecule has 0 spiro atoms. The van der Waals surface area contributed by atoms with E-state index in [-0.39, 0.29) is 24.4 Å². The quantitative estimate of drug-likeness (QED) is 0.546. The highest BCUT2D eigenvalue weighted by molar-refractivity contribution is 7.09. The van der Waals surface area contributed by atoms with Crippen LogP contribution in [0.25, 0.3) is 0 Å². The maximum atomic E-state index is 13.3. The lowest BCUT2D eigenvalue weighted by molar-refractivity contribution is -0.143. The number of hydrogen-bond donors (Lipinski definition) is 0. The second-order valence-electron chi connectivity index (χ2n) is 7.69. The van der Waals surface area contributed by atoms with Crippen molar-refractivity contribution >= 4 is 34.8 Å². The van der Waals surface area contributed by atoms with Crippen LogP contribution >= 0.6 is 22.9 Å². The maximum absolute atomic E-state index is 13.3. The monoisotopic (exact) mass is 432 g/mol. The van der Waals surface area contributed by atoms with E-state index in [1.807, 2.05) is 52.7 Å². The molecule has 1 aliphatic carbocycles. The first-order chi connectivity index (χ1) is 14.0. The zero-order chi connectivity index (χ0) is 20.6. The first-order valence-corrected chi connectivity index (χ1v) is 11.6. The number of amides is 2. The van der Waals surface area contributed by atoms with Crippen molar-refractivity contribution in [3.63, 3.8) is 0 Å². The molecule has 0 N–H and O–H groups in total. The molecule has 0 radical (unpaired) electrons. The first-order valence-electron chi connectivity index (χ1n) is 10.3. The van der Waals surface area contributed by atoms with Crippen molar-refractivity contribution in [1.82, 2.24) is 9.80 Å². The smallest absolute Gasteiger partial charge is 0.242 e. The summed E-state index contributed by atoms with van der Waals surface area (Å²) in [5.74, 6) is -0.166. The summed E-state index contributed by atoms with van der Waals surface area (Å²) in [5.41, 5.74) is 1.08. The summed E-state index contributed by atoms with van der Waals surface area (Å²) >= 11 is 7.78. The molecule has 0 bridgehead atoms. The van der Waals surface area contributed by atoms with Crippen molar-refractivity contribution < 1.29 is 9.59 Å². The van der Waals surface area contributed by atoms with Crippen LogP contribution in [0.1, 0.15) is 49.5 Å². The van der Waals surface area contributed by atoms with Gasteiger partial charge in [-0.3, -0.25) is 9.59 Å². The summed E-state index contributed by atoms with van der Waals surface area (Å²) < 4.78 is 0. The number of carbonyl (C=O) groups excluding carboxylic acids is 2. The first kappa shape index (κ1) is 21.8. The normalized spacial score (nSPS) is 15.7. The number of rotatable bonds is 8. The van der Waals surface area contributed by atoms with Gasteiger partial charge in [0, 0.05) is 17.5 Å². The molecule has 1 fully saturated rings. The molecule has 1 aromatic carbocycles. The molecule has 1 saturated carbocycles. The number of thiophene rings is 1. The predicted octanol–water partition coefficient (Wildman–Crippen LogP) is 5.07. The molecule has 1 atom stereocenters. The van der Waals surface area contributed by atoms with Crippen LogP contribution in [0.3, 0.4) is 0 Å². The third-order valence-electron chi connectivity index (χ3n) is 5.44. The molecule has 156 valence electrons. The fourth-order valence-electron chi connectivity index (χ4n) is 3.88. The van der Waals surface area contributed by atoms with E-state index in [2.05, 4.69) is 0 Å². The van der Waals surface area contributed by atoms with Crippen LogP contribution < -0.4 is 0 Å². The summed E-state index contributed by atoms with van der Waals surface area (Å²) in [7, 11) is 0. The van der Waals surface area contributed by atoms with Crippen molar-refractivity contribution in [2.24, 2.45) is 0 Å². The molecule has 29 heavy (non-hydrogen) atoms. The van der Waals surface area contributed by atoms with Crippen molar-refractivity contribution in [2.45, 2.75) is 63.5 Å². The van der Waals surface area contributed by atoms with Gasteiger partial charge < -0.3 is 9.80 Å². The lowest BCUT2D eigenvalue weighted by Gasteiger charge is -2.36. The van der Waals surface area contributed by atoms with Gasteiger partial charge in [-0.2, -0.15) is 0 Å². The van der Waals surface area contributed by atoms with Gasteiger partial charge >= 0.3 is 0 Å². The molecule has 0 aliphatic heterocycles. The highest BCUT2D eigenvalue weighted by Crippen LogP contribution is 2.24. The van der Waals surface area contributed by atoms with Gasteiger partial charge in [0.15, 0.2) is 0 Å². The second kappa shape index (κ2) is 10.8. The fourth-order valence-corrected chi connectivity index (χ4v) is 4.73. The molecule has 6 heteroatoms. The van der Waals surface area contributed by atoms with Gasteiger partial charge in [0.25, 0.3) is 0 Å². The zero-order valence-electron chi connectivity index (χ0n) is 16.9. The Kier molecular flexibility index (Phi) is 8.13. The van der Waals surface area contributed by atoms with Crippen LogP contribution in [0, 0.1) is 0 Å². The summed E-state index contributed by atoms with van der Waals surface area (Å²) in [6.45, 7) is 2.87. The van der Waals surface area contributed by atoms with E-state index in [4.69, 9.17) is 11.6 Å². The Morgan fingerprint density at radius 3 is 2.41 bits per heavy atom. The zero-order valence-corrected chi connectivity index (χ0v) is 18.5. The van der Waals surface area contributed by atoms with Crippen LogP contribution in [0.15, 0.2) is 47.8 Å². The number of carbonyl (C=O) groups is 2. The van der Waals surface area contributed by atoms with E-state index in [0.29, 0.717) is 13.1 Å². The standard InChI is InChI=1S/C23H29ClN2O2S/c1-18(24)23(28)26(20-11-6-3-7-12-20)17-22(27)25(16-21-13-8-14-29-21)15-19-9-4-2-5-10-19/h2,4-5,8-10,13-14,18,20H,3,6-7,11-12,15-17H2,1H3. The molecule has 2 amide bonds. The van der Waals surface area contributed by atoms with E-state index in [0.717, 1.165) is 36.1 Å². The minimum atomic E-state index is -0.621. The lowest BCUT2D eigenvalue weighted by atomic mass is 9.94. The van der Waals surface area contributed by atoms with E-state index in [9.17, 15) is 9.59 Å². The number of benzene rings is 1. The largest absolute Gasteiger partial charge is 0.332 e. The fraction of sp³-hybridized carbons (Fsp3) is 0.478. The Bertz CT molecular complexity index is 773. The highest BCUT2D eigenvalue weighted by atomic mass is 35.5. The highest BCUT2D eigenvalue weighted by Gasteiger charge is 2.31. The molecule has 3 rings (SSSR count). The number of nitrogens with zero attached hydrogens (tertiary/aromatic N) is 2. The van der Waals surface area contributed by atoms with Crippen LogP contribution in [-0.2, 0) is 22.7 Å². The maximum Gasteiger partial charge on any atom is 0.242 e. The number of hydrogen-bond acceptors (Lipinski definition) is 3. The molecule has 1 aliphatic rings. The Morgan fingerprint density at radius 1 is 1.07 bits per heavy atom. The second-order valence-corrected chi connectivity index (χ2v) is 9.38. The molecular formula is C23H29ClN2O2S. The average Bonchev–Trinajstić information content (AvgIpc) is 3.25. The van der Waals surface area contributed by atoms with Crippen LogP contribution in [0.4, 0.5) is 0 Å². The Labute approximate surface area is 182 Å². The Morgan fingerprint density at radius 2 is 1.79 bits per heavy atom. The van der Waals surface area contributed by atoms with Gasteiger partial charge in [-0.05, 0) is 36.8 Å². The molecule has 1 unspecified atom stereocenters. The van der Waals surface area contributed by atoms with E-state index >= 15 is 0 Å². The minimum Gasteiger partial charge on any atom is -0.332 e. The van der Waals surface area contributed by atoms with Crippen LogP contribution in [0.5, 0.6) is 0 Å². The molecular weight excluding hydrogens is 404 g/mol. The van der Waals surface area contributed by atoms with Crippen molar-refractivity contribution in [1.29, 1.82) is 0 Å². The van der Waals surface area contributed by atoms with Crippen molar-refractivity contribution in [3.8, 4) is 0 Å². The van der Waals surface area contributed by atoms with Crippen molar-refractivity contribution in [2.75, 3.05) is 6.54 Å². The van der Waals surface area contributed by atoms with Gasteiger partial charge in [0.05, 0.1) is 6.54 Å². The van der Waals surface area contributed by atoms with Gasteiger partial charge in [0.2, 0.25) is 11.8 Å². The van der Waals surface area contributed by atoms with Crippen molar-refractivity contribution in [3.05, 3.63) is 58.3 Å². The van der Waals surface area contributed by atoms with Gasteiger partial charge in [-0.1, -0.05) is 55.7 Å². The molecule has 1 heterocycles. The summed E-state index contributed by atoms with van der Waals surface area (Å²) in [6, 6.07) is 14.1. The Balaban J connectivity index is 1.77. The molecule has 4 nitrogen and oxygen atoms in total. The average molecular weight is 433 g/mol. The number of halogens is 1. The summed E-state index contributed by atoms with van der Waals surface area (Å²) in [6.07, 6.45) is 5.30. The SMILES string of the molecule is CC(Cl)C(=O)N(CC(=O)N(Cc1ccccc1)Cc1cccs1)C1CCCCC1. The summed E-state index contributed by atoms with van der Waals surface area (Å²) in [4.78, 5) is 30.9. The third kappa shape index (κ3) is 6.31. The van der Waals surface area contributed by atoms with Crippen LogP contribution in [0.2, 0.25) is 0 Å². The Hall–Kier alpha value is -1.85. The van der Waals surface area contributed by atoms with Gasteiger partial charge in [-0.15, -0.1) is 22.9 Å². The minimum absolute atomic E-state index is 0.0292. The number of alkyl halides is 1. The van der Waals surface area contributed by atoms with Gasteiger partial charge in [0.1, 0.15) is 11.9 Å². The van der Waals surface area contributed by atoms with Gasteiger partial charge in [-0.25, -0.2) is 0 Å². The lowest BCUT2D eigenvalue weighted by Crippen LogP contribution is -2.49. The molecule has 0 saturated heterocycles. The molecule has 2 aromatic rings. The van der Waals surface area contributed by atoms with Crippen LogP contribution in [-0.4, -0.2) is 39.6 Å². The topological polar surface area (TPSA) is 40.6 Å². The third-order valence-corrected chi connectivity index (χ3v) is 6.49. The van der Waals surface area contributed by atoms with E-state index in [1.165, 1.54) is 6.42 Å².